The Kier molecular flexibility index (Phi) is 9.32. The van der Waals surface area contributed by atoms with E-state index in [1.165, 1.54) is 24.8 Å². The van der Waals surface area contributed by atoms with E-state index in [1.807, 2.05) is 6.08 Å². The minimum atomic E-state index is -1.78. The fraction of sp³-hybridized carbons (Fsp3) is 0.826. The molecule has 1 aliphatic rings. The van der Waals surface area contributed by atoms with E-state index in [4.69, 9.17) is 4.43 Å². The summed E-state index contributed by atoms with van der Waals surface area (Å²) in [6.45, 7) is 20.2. The molecule has 0 amide bonds. The van der Waals surface area contributed by atoms with Crippen LogP contribution in [-0.4, -0.2) is 25.6 Å². The van der Waals surface area contributed by atoms with Gasteiger partial charge >= 0.3 is 0 Å². The van der Waals surface area contributed by atoms with Crippen LogP contribution in [0.5, 0.6) is 0 Å². The highest BCUT2D eigenvalue weighted by Crippen LogP contribution is 2.40. The van der Waals surface area contributed by atoms with Gasteiger partial charge < -0.3 is 9.53 Å². The van der Waals surface area contributed by atoms with Crippen molar-refractivity contribution in [1.82, 2.24) is 0 Å². The van der Waals surface area contributed by atoms with Crippen molar-refractivity contribution >= 4 is 8.32 Å². The molecule has 0 aromatic heterocycles. The van der Waals surface area contributed by atoms with Crippen molar-refractivity contribution in [2.75, 3.05) is 0 Å². The van der Waals surface area contributed by atoms with E-state index >= 15 is 0 Å². The SMILES string of the molecule is C=CC[C@@H]1C(CC[C@H](O[Si](C)(C)C(C)(C)C)C(C)CCCC)=CC[C@@H]1O. The molecule has 1 aliphatic carbocycles. The lowest BCUT2D eigenvalue weighted by Gasteiger charge is -2.41. The smallest absolute Gasteiger partial charge is 0.192 e. The number of unbranched alkanes of at least 4 members (excludes halogenated alkanes) is 1. The van der Waals surface area contributed by atoms with Crippen LogP contribution in [0.1, 0.15) is 79.6 Å². The summed E-state index contributed by atoms with van der Waals surface area (Å²) in [7, 11) is -1.78. The standard InChI is InChI=1S/C23H44O2Si/c1-9-11-13-18(3)22(25-26(7,8)23(4,5)6)17-15-19-14-16-21(24)20(19)12-10-2/h10,14,18,20-22,24H,2,9,11-13,15-17H2,1,3-8H3/t18?,20-,21+,22+/m1/s1. The lowest BCUT2D eigenvalue weighted by molar-refractivity contribution is 0.107. The Morgan fingerprint density at radius 2 is 2.00 bits per heavy atom. The van der Waals surface area contributed by atoms with E-state index in [-0.39, 0.29) is 17.1 Å². The summed E-state index contributed by atoms with van der Waals surface area (Å²) >= 11 is 0. The van der Waals surface area contributed by atoms with Crippen molar-refractivity contribution in [3.8, 4) is 0 Å². The van der Waals surface area contributed by atoms with Gasteiger partial charge in [0, 0.05) is 12.0 Å². The summed E-state index contributed by atoms with van der Waals surface area (Å²) in [4.78, 5) is 0. The highest BCUT2D eigenvalue weighted by molar-refractivity contribution is 6.74. The summed E-state index contributed by atoms with van der Waals surface area (Å²) < 4.78 is 6.87. The van der Waals surface area contributed by atoms with Crippen LogP contribution < -0.4 is 0 Å². The first kappa shape index (κ1) is 23.7. The normalized spacial score (nSPS) is 23.6. The van der Waals surface area contributed by atoms with Crippen molar-refractivity contribution in [1.29, 1.82) is 0 Å². The maximum Gasteiger partial charge on any atom is 0.192 e. The molecular formula is C23H44O2Si. The highest BCUT2D eigenvalue weighted by atomic mass is 28.4. The molecule has 0 saturated heterocycles. The van der Waals surface area contributed by atoms with Gasteiger partial charge in [-0.25, -0.2) is 0 Å². The predicted octanol–water partition coefficient (Wildman–Crippen LogP) is 6.87. The molecular weight excluding hydrogens is 336 g/mol. The third kappa shape index (κ3) is 6.65. The molecule has 0 aromatic carbocycles. The molecule has 2 nitrogen and oxygen atoms in total. The lowest BCUT2D eigenvalue weighted by atomic mass is 9.89. The Labute approximate surface area is 164 Å². The van der Waals surface area contributed by atoms with Gasteiger partial charge in [0.25, 0.3) is 0 Å². The largest absolute Gasteiger partial charge is 0.414 e. The Bertz CT molecular complexity index is 461. The van der Waals surface area contributed by atoms with Gasteiger partial charge in [-0.15, -0.1) is 6.58 Å². The average Bonchev–Trinajstić information content (AvgIpc) is 2.89. The Balaban J connectivity index is 2.80. The molecule has 0 aliphatic heterocycles. The minimum absolute atomic E-state index is 0.222. The number of hydrogen-bond donors (Lipinski definition) is 1. The zero-order chi connectivity index (χ0) is 20.0. The van der Waals surface area contributed by atoms with Crippen LogP contribution in [0.4, 0.5) is 0 Å². The number of aliphatic hydroxyl groups is 1. The number of hydrogen-bond acceptors (Lipinski definition) is 2. The molecule has 4 atom stereocenters. The molecule has 0 bridgehead atoms. The lowest BCUT2D eigenvalue weighted by Crippen LogP contribution is -2.45. The average molecular weight is 381 g/mol. The molecule has 0 radical (unpaired) electrons. The van der Waals surface area contributed by atoms with Gasteiger partial charge in [0.15, 0.2) is 8.32 Å². The van der Waals surface area contributed by atoms with Crippen LogP contribution in [0.2, 0.25) is 18.1 Å². The number of rotatable bonds is 11. The Hall–Kier alpha value is -0.383. The van der Waals surface area contributed by atoms with Crippen molar-refractivity contribution in [3.63, 3.8) is 0 Å². The molecule has 0 heterocycles. The molecule has 0 aromatic rings. The van der Waals surface area contributed by atoms with Crippen LogP contribution >= 0.6 is 0 Å². The van der Waals surface area contributed by atoms with Gasteiger partial charge in [0.1, 0.15) is 0 Å². The second kappa shape index (κ2) is 10.2. The molecule has 1 rings (SSSR count). The quantitative estimate of drug-likeness (QED) is 0.313. The summed E-state index contributed by atoms with van der Waals surface area (Å²) in [6.07, 6.45) is 11.9. The first-order valence-corrected chi connectivity index (χ1v) is 13.6. The molecule has 0 spiro atoms. The third-order valence-corrected chi connectivity index (χ3v) is 11.1. The number of aliphatic hydroxyl groups excluding tert-OH is 1. The molecule has 3 heteroatoms. The van der Waals surface area contributed by atoms with Crippen molar-refractivity contribution in [3.05, 3.63) is 24.3 Å². The van der Waals surface area contributed by atoms with Crippen molar-refractivity contribution < 1.29 is 9.53 Å². The van der Waals surface area contributed by atoms with Crippen LogP contribution in [0, 0.1) is 11.8 Å². The zero-order valence-corrected chi connectivity index (χ0v) is 19.5. The summed E-state index contributed by atoms with van der Waals surface area (Å²) in [5.74, 6) is 0.862. The van der Waals surface area contributed by atoms with Gasteiger partial charge in [-0.2, -0.15) is 0 Å². The summed E-state index contributed by atoms with van der Waals surface area (Å²) in [5, 5.41) is 10.5. The van der Waals surface area contributed by atoms with Crippen LogP contribution in [0.15, 0.2) is 24.3 Å². The second-order valence-corrected chi connectivity index (χ2v) is 14.5. The third-order valence-electron chi connectivity index (χ3n) is 6.60. The molecule has 152 valence electrons. The summed E-state index contributed by atoms with van der Waals surface area (Å²) in [5.41, 5.74) is 1.42. The topological polar surface area (TPSA) is 29.5 Å². The van der Waals surface area contributed by atoms with E-state index < -0.39 is 8.32 Å². The molecule has 26 heavy (non-hydrogen) atoms. The monoisotopic (exact) mass is 380 g/mol. The molecule has 0 saturated carbocycles. The van der Waals surface area contributed by atoms with E-state index in [2.05, 4.69) is 60.4 Å². The van der Waals surface area contributed by atoms with Gasteiger partial charge in [-0.1, -0.05) is 65.2 Å². The first-order valence-electron chi connectivity index (χ1n) is 10.7. The fourth-order valence-electron chi connectivity index (χ4n) is 3.65. The zero-order valence-electron chi connectivity index (χ0n) is 18.5. The fourth-order valence-corrected chi connectivity index (χ4v) is 5.11. The Morgan fingerprint density at radius 1 is 1.35 bits per heavy atom. The van der Waals surface area contributed by atoms with Crippen LogP contribution in [0.3, 0.4) is 0 Å². The first-order chi connectivity index (χ1) is 12.0. The van der Waals surface area contributed by atoms with E-state index in [9.17, 15) is 5.11 Å². The molecule has 1 unspecified atom stereocenters. The van der Waals surface area contributed by atoms with Gasteiger partial charge in [0.05, 0.1) is 6.10 Å². The second-order valence-electron chi connectivity index (χ2n) is 9.79. The van der Waals surface area contributed by atoms with Crippen molar-refractivity contribution in [2.45, 2.75) is 110 Å². The van der Waals surface area contributed by atoms with Crippen LogP contribution in [0.25, 0.3) is 0 Å². The minimum Gasteiger partial charge on any atom is -0.414 e. The van der Waals surface area contributed by atoms with E-state index in [0.717, 1.165) is 25.7 Å². The maximum atomic E-state index is 10.2. The Morgan fingerprint density at radius 3 is 2.54 bits per heavy atom. The van der Waals surface area contributed by atoms with E-state index in [1.54, 1.807) is 0 Å². The number of allylic oxidation sites excluding steroid dienone is 1. The molecule has 1 N–H and O–H groups in total. The summed E-state index contributed by atoms with van der Waals surface area (Å²) in [6, 6.07) is 0. The maximum absolute atomic E-state index is 10.2. The van der Waals surface area contributed by atoms with Crippen LogP contribution in [-0.2, 0) is 4.43 Å². The van der Waals surface area contributed by atoms with Gasteiger partial charge in [0.2, 0.25) is 0 Å². The van der Waals surface area contributed by atoms with Gasteiger partial charge in [-0.3, -0.25) is 0 Å². The highest BCUT2D eigenvalue weighted by Gasteiger charge is 2.40. The molecule has 0 fully saturated rings. The van der Waals surface area contributed by atoms with Crippen molar-refractivity contribution in [2.24, 2.45) is 11.8 Å². The van der Waals surface area contributed by atoms with Gasteiger partial charge in [-0.05, 0) is 56.2 Å². The predicted molar refractivity (Wildman–Crippen MR) is 117 cm³/mol. The van der Waals surface area contributed by atoms with E-state index in [0.29, 0.717) is 12.0 Å².